The molecule has 30 heavy (non-hydrogen) atoms. The number of nitro groups is 1. The van der Waals surface area contributed by atoms with E-state index in [4.69, 9.17) is 0 Å². The second-order valence-corrected chi connectivity index (χ2v) is 6.44. The number of benzene rings is 2. The molecule has 2 aromatic heterocycles. The highest BCUT2D eigenvalue weighted by Crippen LogP contribution is 2.34. The zero-order chi connectivity index (χ0) is 21.1. The van der Waals surface area contributed by atoms with Crippen molar-refractivity contribution in [2.24, 2.45) is 0 Å². The molecule has 2 aromatic carbocycles. The van der Waals surface area contributed by atoms with Gasteiger partial charge in [0.05, 0.1) is 16.1 Å². The fraction of sp³-hybridized carbons (Fsp3) is 0.0476. The van der Waals surface area contributed by atoms with Gasteiger partial charge < -0.3 is 10.6 Å². The number of nitrogens with zero attached hydrogens (tertiary/aromatic N) is 4. The van der Waals surface area contributed by atoms with Crippen molar-refractivity contribution in [3.8, 4) is 0 Å². The maximum Gasteiger partial charge on any atom is 0.353 e. The van der Waals surface area contributed by atoms with E-state index in [0.717, 1.165) is 5.39 Å². The lowest BCUT2D eigenvalue weighted by Crippen LogP contribution is -2.06. The number of anilines is 4. The van der Waals surface area contributed by atoms with Crippen molar-refractivity contribution in [3.05, 3.63) is 82.8 Å². The van der Waals surface area contributed by atoms with Crippen LogP contribution >= 0.6 is 0 Å². The number of hydrogen-bond donors (Lipinski definition) is 2. The van der Waals surface area contributed by atoms with E-state index in [2.05, 4.69) is 25.6 Å². The average molecular weight is 400 g/mol. The Labute approximate surface area is 171 Å². The highest BCUT2D eigenvalue weighted by atomic mass is 16.6. The normalized spacial score (nSPS) is 10.6. The maximum absolute atomic E-state index is 11.8. The van der Waals surface area contributed by atoms with Crippen molar-refractivity contribution in [2.75, 3.05) is 10.6 Å². The van der Waals surface area contributed by atoms with Gasteiger partial charge in [-0.15, -0.1) is 0 Å². The first kappa shape index (κ1) is 18.9. The van der Waals surface area contributed by atoms with E-state index in [1.807, 2.05) is 24.3 Å². The summed E-state index contributed by atoms with van der Waals surface area (Å²) >= 11 is 0. The topological polar surface area (TPSA) is 123 Å². The zero-order valence-corrected chi connectivity index (χ0v) is 15.9. The van der Waals surface area contributed by atoms with Gasteiger partial charge in [-0.3, -0.25) is 19.9 Å². The second-order valence-electron chi connectivity index (χ2n) is 6.44. The number of fused-ring (bicyclic) bond motifs is 1. The van der Waals surface area contributed by atoms with Crippen molar-refractivity contribution < 1.29 is 9.72 Å². The van der Waals surface area contributed by atoms with Gasteiger partial charge in [0.15, 0.2) is 5.78 Å². The third-order valence-electron chi connectivity index (χ3n) is 4.42. The van der Waals surface area contributed by atoms with E-state index in [1.54, 1.807) is 36.5 Å². The fourth-order valence-corrected chi connectivity index (χ4v) is 3.02. The van der Waals surface area contributed by atoms with Crippen molar-refractivity contribution in [3.63, 3.8) is 0 Å². The molecule has 9 heteroatoms. The Bertz CT molecular complexity index is 1270. The van der Waals surface area contributed by atoms with Crippen LogP contribution in [0, 0.1) is 10.1 Å². The van der Waals surface area contributed by atoms with E-state index in [1.165, 1.54) is 13.3 Å². The molecule has 148 valence electrons. The first-order chi connectivity index (χ1) is 14.5. The van der Waals surface area contributed by atoms with Crippen LogP contribution in [-0.2, 0) is 0 Å². The molecule has 0 atom stereocenters. The summed E-state index contributed by atoms with van der Waals surface area (Å²) in [4.78, 5) is 35.3. The summed E-state index contributed by atoms with van der Waals surface area (Å²) in [7, 11) is 0. The summed E-state index contributed by atoms with van der Waals surface area (Å²) in [5.74, 6) is -0.0774. The zero-order valence-electron chi connectivity index (χ0n) is 15.9. The molecule has 0 saturated heterocycles. The number of ketones is 1. The van der Waals surface area contributed by atoms with E-state index in [-0.39, 0.29) is 23.1 Å². The summed E-state index contributed by atoms with van der Waals surface area (Å²) in [5, 5.41) is 18.6. The van der Waals surface area contributed by atoms with Gasteiger partial charge >= 0.3 is 5.69 Å². The quantitative estimate of drug-likeness (QED) is 0.273. The summed E-state index contributed by atoms with van der Waals surface area (Å²) in [6.45, 7) is 1.45. The summed E-state index contributed by atoms with van der Waals surface area (Å²) in [6, 6.07) is 15.9. The molecule has 0 aliphatic carbocycles. The van der Waals surface area contributed by atoms with Crippen molar-refractivity contribution >= 4 is 45.4 Å². The Morgan fingerprint density at radius 2 is 1.70 bits per heavy atom. The minimum Gasteiger partial charge on any atom is -0.334 e. The van der Waals surface area contributed by atoms with Crippen LogP contribution in [-0.4, -0.2) is 25.7 Å². The van der Waals surface area contributed by atoms with Gasteiger partial charge in [0.2, 0.25) is 11.6 Å². The van der Waals surface area contributed by atoms with Crippen LogP contribution in [0.15, 0.2) is 67.1 Å². The Morgan fingerprint density at radius 1 is 0.967 bits per heavy atom. The molecule has 0 radical (unpaired) electrons. The number of para-hydroxylation sites is 1. The maximum atomic E-state index is 11.8. The molecule has 0 bridgehead atoms. The van der Waals surface area contributed by atoms with Crippen molar-refractivity contribution in [1.29, 1.82) is 0 Å². The summed E-state index contributed by atoms with van der Waals surface area (Å²) < 4.78 is 0. The van der Waals surface area contributed by atoms with Gasteiger partial charge in [0.25, 0.3) is 0 Å². The van der Waals surface area contributed by atoms with Crippen LogP contribution in [0.4, 0.5) is 28.7 Å². The Hall–Kier alpha value is -4.40. The molecule has 4 rings (SSSR count). The molecule has 0 fully saturated rings. The predicted molar refractivity (Wildman–Crippen MR) is 113 cm³/mol. The number of pyridine rings is 1. The van der Waals surface area contributed by atoms with Crippen LogP contribution in [0.25, 0.3) is 10.9 Å². The molecule has 9 nitrogen and oxygen atoms in total. The molecule has 2 N–H and O–H groups in total. The highest BCUT2D eigenvalue weighted by Gasteiger charge is 2.24. The Balaban J connectivity index is 1.74. The molecule has 0 aliphatic rings. The summed E-state index contributed by atoms with van der Waals surface area (Å²) in [5.41, 5.74) is 1.91. The van der Waals surface area contributed by atoms with Gasteiger partial charge in [0, 0.05) is 22.8 Å². The highest BCUT2D eigenvalue weighted by molar-refractivity contribution is 5.95. The number of rotatable bonds is 6. The average Bonchev–Trinajstić information content (AvgIpc) is 2.74. The molecule has 0 unspecified atom stereocenters. The lowest BCUT2D eigenvalue weighted by Gasteiger charge is -2.11. The fourth-order valence-electron chi connectivity index (χ4n) is 3.02. The van der Waals surface area contributed by atoms with Crippen LogP contribution < -0.4 is 10.6 Å². The van der Waals surface area contributed by atoms with Crippen LogP contribution in [0.2, 0.25) is 0 Å². The molecule has 2 heterocycles. The van der Waals surface area contributed by atoms with E-state index in [9.17, 15) is 14.9 Å². The number of Topliss-reactive ketones (excluding diaryl/α,β-unsaturated/α-hetero) is 1. The molecule has 4 aromatic rings. The van der Waals surface area contributed by atoms with Crippen molar-refractivity contribution in [1.82, 2.24) is 15.0 Å². The van der Waals surface area contributed by atoms with Gasteiger partial charge in [0.1, 0.15) is 6.33 Å². The smallest absolute Gasteiger partial charge is 0.334 e. The third kappa shape index (κ3) is 3.76. The van der Waals surface area contributed by atoms with E-state index < -0.39 is 4.92 Å². The number of aromatic nitrogens is 3. The second kappa shape index (κ2) is 7.92. The van der Waals surface area contributed by atoms with E-state index in [0.29, 0.717) is 22.5 Å². The molecule has 0 spiro atoms. The molecular formula is C21H16N6O3. The molecule has 0 saturated carbocycles. The number of nitrogens with one attached hydrogen (secondary N) is 2. The minimum absolute atomic E-state index is 0.00592. The molecule has 0 aliphatic heterocycles. The van der Waals surface area contributed by atoms with Crippen LogP contribution in [0.1, 0.15) is 17.3 Å². The minimum atomic E-state index is -0.557. The van der Waals surface area contributed by atoms with Crippen molar-refractivity contribution in [2.45, 2.75) is 6.92 Å². The number of hydrogen-bond acceptors (Lipinski definition) is 8. The van der Waals surface area contributed by atoms with Gasteiger partial charge in [-0.25, -0.2) is 9.97 Å². The first-order valence-electron chi connectivity index (χ1n) is 9.01. The largest absolute Gasteiger partial charge is 0.353 e. The van der Waals surface area contributed by atoms with Gasteiger partial charge in [-0.1, -0.05) is 30.3 Å². The Kier molecular flexibility index (Phi) is 5.00. The summed E-state index contributed by atoms with van der Waals surface area (Å²) in [6.07, 6.45) is 2.88. The predicted octanol–water partition coefficient (Wildman–Crippen LogP) is 4.62. The molecule has 0 amide bonds. The third-order valence-corrected chi connectivity index (χ3v) is 4.42. The SMILES string of the molecule is CC(=O)c1cccc(Nc2ncnc(Nc3cccc4cccnc34)c2[N+](=O)[O-])c1. The van der Waals surface area contributed by atoms with Gasteiger partial charge in [-0.2, -0.15) is 0 Å². The Morgan fingerprint density at radius 3 is 2.47 bits per heavy atom. The lowest BCUT2D eigenvalue weighted by atomic mass is 10.1. The van der Waals surface area contributed by atoms with Gasteiger partial charge in [-0.05, 0) is 31.2 Å². The molecular weight excluding hydrogens is 384 g/mol. The lowest BCUT2D eigenvalue weighted by molar-refractivity contribution is -0.383. The number of carbonyl (C=O) groups excluding carboxylic acids is 1. The standard InChI is InChI=1S/C21H16N6O3/c1-13(28)15-6-2-8-16(11-15)25-20-19(27(29)30)21(24-12-23-20)26-17-9-3-5-14-7-4-10-22-18(14)17/h2-12H,1H3,(H2,23,24,25,26). The number of carbonyl (C=O) groups is 1. The van der Waals surface area contributed by atoms with E-state index >= 15 is 0 Å². The first-order valence-corrected chi connectivity index (χ1v) is 9.01. The monoisotopic (exact) mass is 400 g/mol. The van der Waals surface area contributed by atoms with Crippen LogP contribution in [0.3, 0.4) is 0 Å². The van der Waals surface area contributed by atoms with Crippen LogP contribution in [0.5, 0.6) is 0 Å².